The molecule has 0 atom stereocenters. The van der Waals surface area contributed by atoms with Gasteiger partial charge in [-0.25, -0.2) is 28.9 Å². The van der Waals surface area contributed by atoms with Crippen LogP contribution in [0.3, 0.4) is 0 Å². The molecule has 0 aliphatic carbocycles. The average Bonchev–Trinajstić information content (AvgIpc) is 3.23. The van der Waals surface area contributed by atoms with Gasteiger partial charge in [-0.05, 0) is 32.9 Å². The Hall–Kier alpha value is -4.88. The van der Waals surface area contributed by atoms with Crippen LogP contribution in [-0.2, 0) is 4.74 Å². The van der Waals surface area contributed by atoms with Gasteiger partial charge in [-0.3, -0.25) is 14.3 Å². The van der Waals surface area contributed by atoms with Gasteiger partial charge in [0.2, 0.25) is 0 Å². The highest BCUT2D eigenvalue weighted by Gasteiger charge is 2.27. The molecular formula is C22H20FN7O6. The minimum absolute atomic E-state index is 0.0275. The molecule has 14 heteroatoms. The summed E-state index contributed by atoms with van der Waals surface area (Å²) >= 11 is 0. The van der Waals surface area contributed by atoms with Gasteiger partial charge in [0.1, 0.15) is 16.9 Å². The second-order valence-electron chi connectivity index (χ2n) is 8.46. The van der Waals surface area contributed by atoms with Gasteiger partial charge in [-0.15, -0.1) is 0 Å². The molecule has 0 unspecified atom stereocenters. The molecule has 36 heavy (non-hydrogen) atoms. The topological polar surface area (TPSA) is 166 Å². The van der Waals surface area contributed by atoms with Crippen LogP contribution < -0.4 is 15.8 Å². The molecule has 0 aliphatic rings. The molecule has 0 spiro atoms. The van der Waals surface area contributed by atoms with Crippen LogP contribution in [0.15, 0.2) is 46.1 Å². The Bertz CT molecular complexity index is 1540. The van der Waals surface area contributed by atoms with Crippen molar-refractivity contribution in [3.63, 3.8) is 0 Å². The van der Waals surface area contributed by atoms with Crippen molar-refractivity contribution in [1.82, 2.24) is 24.7 Å². The lowest BCUT2D eigenvalue weighted by Gasteiger charge is -2.24. The van der Waals surface area contributed by atoms with Gasteiger partial charge in [0.15, 0.2) is 23.0 Å². The minimum atomic E-state index is -1.45. The Balaban J connectivity index is 1.81. The summed E-state index contributed by atoms with van der Waals surface area (Å²) in [5.41, 5.74) is -1.71. The number of carboxylic acids is 1. The van der Waals surface area contributed by atoms with E-state index in [-0.39, 0.29) is 34.2 Å². The van der Waals surface area contributed by atoms with Crippen LogP contribution in [0.2, 0.25) is 0 Å². The van der Waals surface area contributed by atoms with Crippen molar-refractivity contribution in [2.45, 2.75) is 26.4 Å². The minimum Gasteiger partial charge on any atom is -0.475 e. The zero-order valence-electron chi connectivity index (χ0n) is 19.5. The third-order valence-electron chi connectivity index (χ3n) is 4.69. The second kappa shape index (κ2) is 9.05. The number of hydrogen-bond acceptors (Lipinski definition) is 10. The number of ether oxygens (including phenoxy) is 1. The molecule has 0 aliphatic heterocycles. The number of halogens is 1. The van der Waals surface area contributed by atoms with Crippen molar-refractivity contribution >= 4 is 40.4 Å². The molecule has 13 nitrogen and oxygen atoms in total. The predicted octanol–water partition coefficient (Wildman–Crippen LogP) is 3.12. The van der Waals surface area contributed by atoms with Crippen LogP contribution in [-0.4, -0.2) is 54.5 Å². The van der Waals surface area contributed by atoms with Crippen molar-refractivity contribution in [3.05, 3.63) is 58.7 Å². The van der Waals surface area contributed by atoms with E-state index in [1.165, 1.54) is 37.8 Å². The molecular weight excluding hydrogens is 477 g/mol. The van der Waals surface area contributed by atoms with Gasteiger partial charge in [0, 0.05) is 31.7 Å². The average molecular weight is 497 g/mol. The van der Waals surface area contributed by atoms with E-state index >= 15 is 0 Å². The first-order valence-electron chi connectivity index (χ1n) is 10.4. The smallest absolute Gasteiger partial charge is 0.414 e. The van der Waals surface area contributed by atoms with E-state index in [9.17, 15) is 23.9 Å². The number of aromatic nitrogens is 5. The highest BCUT2D eigenvalue weighted by Crippen LogP contribution is 2.31. The SMILES string of the molecule is CN(C(=O)OC(C)(C)C)c1cc(Nc2nccn(-c3ncccc3F)c2=O)nc2c(C(=O)O)onc12. The fourth-order valence-electron chi connectivity index (χ4n) is 3.14. The first-order valence-corrected chi connectivity index (χ1v) is 10.4. The maximum absolute atomic E-state index is 14.2. The summed E-state index contributed by atoms with van der Waals surface area (Å²) in [7, 11) is 1.39. The van der Waals surface area contributed by atoms with Gasteiger partial charge in [-0.2, -0.15) is 0 Å². The molecule has 186 valence electrons. The van der Waals surface area contributed by atoms with E-state index in [1.54, 1.807) is 20.8 Å². The number of nitrogens with zero attached hydrogens (tertiary/aromatic N) is 6. The highest BCUT2D eigenvalue weighted by molar-refractivity contribution is 6.05. The molecule has 1 amide bonds. The number of pyridine rings is 2. The molecule has 4 heterocycles. The Kier molecular flexibility index (Phi) is 6.10. The quantitative estimate of drug-likeness (QED) is 0.416. The summed E-state index contributed by atoms with van der Waals surface area (Å²) in [4.78, 5) is 50.4. The molecule has 0 bridgehead atoms. The standard InChI is InChI=1S/C22H20FN7O6/c1-22(2,3)35-21(34)29(4)12-10-13(26-15-14(12)28-36-16(15)20(32)33)27-17-19(31)30(9-8-24-17)18-11(23)6-5-7-25-18/h5-10H,1-4H3,(H,32,33)(H,24,26,27). The lowest BCUT2D eigenvalue weighted by atomic mass is 10.2. The van der Waals surface area contributed by atoms with Crippen LogP contribution in [0.25, 0.3) is 16.9 Å². The number of rotatable bonds is 5. The second-order valence-corrected chi connectivity index (χ2v) is 8.46. The maximum Gasteiger partial charge on any atom is 0.414 e. The normalized spacial score (nSPS) is 11.4. The van der Waals surface area contributed by atoms with E-state index in [1.807, 2.05) is 0 Å². The summed E-state index contributed by atoms with van der Waals surface area (Å²) in [5.74, 6) is -3.33. The number of aromatic carboxylic acids is 1. The molecule has 0 fully saturated rings. The van der Waals surface area contributed by atoms with Crippen LogP contribution in [0.5, 0.6) is 0 Å². The Morgan fingerprint density at radius 3 is 2.64 bits per heavy atom. The number of fused-ring (bicyclic) bond motifs is 1. The molecule has 0 aromatic carbocycles. The van der Waals surface area contributed by atoms with Crippen LogP contribution in [0.4, 0.5) is 26.5 Å². The van der Waals surface area contributed by atoms with E-state index in [2.05, 4.69) is 25.4 Å². The monoisotopic (exact) mass is 497 g/mol. The molecule has 4 aromatic rings. The summed E-state index contributed by atoms with van der Waals surface area (Å²) in [6.07, 6.45) is 3.05. The molecule has 0 saturated carbocycles. The molecule has 4 aromatic heterocycles. The molecule has 0 saturated heterocycles. The van der Waals surface area contributed by atoms with Gasteiger partial charge in [0.25, 0.3) is 11.3 Å². The number of carbonyl (C=O) groups is 2. The Morgan fingerprint density at radius 2 is 1.97 bits per heavy atom. The lowest BCUT2D eigenvalue weighted by molar-refractivity contribution is 0.0588. The summed E-state index contributed by atoms with van der Waals surface area (Å²) in [6.45, 7) is 5.05. The van der Waals surface area contributed by atoms with Crippen LogP contribution in [0, 0.1) is 5.82 Å². The largest absolute Gasteiger partial charge is 0.475 e. The molecule has 2 N–H and O–H groups in total. The third kappa shape index (κ3) is 4.68. The third-order valence-corrected chi connectivity index (χ3v) is 4.69. The zero-order valence-corrected chi connectivity index (χ0v) is 19.5. The number of hydrogen-bond donors (Lipinski definition) is 2. The summed E-state index contributed by atoms with van der Waals surface area (Å²) in [6, 6.07) is 3.86. The lowest BCUT2D eigenvalue weighted by Crippen LogP contribution is -2.34. The van der Waals surface area contributed by atoms with Crippen molar-refractivity contribution in [2.24, 2.45) is 0 Å². The van der Waals surface area contributed by atoms with Gasteiger partial charge in [0.05, 0.1) is 5.69 Å². The van der Waals surface area contributed by atoms with Crippen LogP contribution >= 0.6 is 0 Å². The van der Waals surface area contributed by atoms with Gasteiger partial charge >= 0.3 is 12.1 Å². The summed E-state index contributed by atoms with van der Waals surface area (Å²) < 4.78 is 25.4. The van der Waals surface area contributed by atoms with Gasteiger partial charge in [-0.1, -0.05) is 5.16 Å². The van der Waals surface area contributed by atoms with Crippen molar-refractivity contribution in [2.75, 3.05) is 17.3 Å². The molecule has 0 radical (unpaired) electrons. The first-order chi connectivity index (χ1) is 17.0. The predicted molar refractivity (Wildman–Crippen MR) is 124 cm³/mol. The Morgan fingerprint density at radius 1 is 1.22 bits per heavy atom. The Labute approximate surface area is 202 Å². The molecule has 4 rings (SSSR count). The number of carboxylic acid groups (broad SMARTS) is 1. The number of carbonyl (C=O) groups excluding carboxylic acids is 1. The van der Waals surface area contributed by atoms with E-state index in [4.69, 9.17) is 9.26 Å². The zero-order chi connectivity index (χ0) is 26.2. The maximum atomic E-state index is 14.2. The fraction of sp³-hybridized carbons (Fsp3) is 0.227. The first kappa shape index (κ1) is 24.3. The van der Waals surface area contributed by atoms with Crippen molar-refractivity contribution in [1.29, 1.82) is 0 Å². The van der Waals surface area contributed by atoms with Gasteiger partial charge < -0.3 is 19.7 Å². The van der Waals surface area contributed by atoms with E-state index < -0.39 is 34.8 Å². The van der Waals surface area contributed by atoms with Crippen molar-refractivity contribution in [3.8, 4) is 5.82 Å². The van der Waals surface area contributed by atoms with Crippen LogP contribution in [0.1, 0.15) is 31.3 Å². The van der Waals surface area contributed by atoms with E-state index in [0.29, 0.717) is 0 Å². The highest BCUT2D eigenvalue weighted by atomic mass is 19.1. The fourth-order valence-corrected chi connectivity index (χ4v) is 3.14. The van der Waals surface area contributed by atoms with E-state index in [0.717, 1.165) is 15.5 Å². The number of amides is 1. The number of anilines is 3. The number of nitrogens with one attached hydrogen (secondary N) is 1. The van der Waals surface area contributed by atoms with Crippen molar-refractivity contribution < 1.29 is 28.3 Å². The summed E-state index contributed by atoms with van der Waals surface area (Å²) in [5, 5.41) is 15.9.